The fourth-order valence-corrected chi connectivity index (χ4v) is 4.81. The van der Waals surface area contributed by atoms with Crippen molar-refractivity contribution >= 4 is 5.69 Å². The molecule has 0 atom stereocenters. The third kappa shape index (κ3) is 4.90. The van der Waals surface area contributed by atoms with E-state index in [1.54, 1.807) is 0 Å². The van der Waals surface area contributed by atoms with Crippen LogP contribution in [0.15, 0.2) is 36.4 Å². The van der Waals surface area contributed by atoms with E-state index in [-0.39, 0.29) is 0 Å². The van der Waals surface area contributed by atoms with E-state index in [9.17, 15) is 5.26 Å². The number of hydrogen-bond acceptors (Lipinski definition) is 5. The summed E-state index contributed by atoms with van der Waals surface area (Å²) >= 11 is 0. The van der Waals surface area contributed by atoms with Gasteiger partial charge in [-0.25, -0.2) is 0 Å². The number of anilines is 1. The van der Waals surface area contributed by atoms with E-state index < -0.39 is 0 Å². The van der Waals surface area contributed by atoms with Crippen LogP contribution in [-0.2, 0) is 6.54 Å². The number of nitriles is 2. The van der Waals surface area contributed by atoms with Crippen LogP contribution in [0.4, 0.5) is 5.69 Å². The third-order valence-electron chi connectivity index (χ3n) is 6.90. The summed E-state index contributed by atoms with van der Waals surface area (Å²) < 4.78 is 0. The zero-order valence-corrected chi connectivity index (χ0v) is 18.6. The highest BCUT2D eigenvalue weighted by molar-refractivity contribution is 5.54. The molecule has 5 heteroatoms. The molecule has 0 amide bonds. The van der Waals surface area contributed by atoms with E-state index in [4.69, 9.17) is 5.26 Å². The molecule has 160 valence electrons. The first-order valence-electron chi connectivity index (χ1n) is 11.3. The molecule has 0 bridgehead atoms. The Morgan fingerprint density at radius 3 is 2.19 bits per heavy atom. The molecule has 2 aromatic rings. The van der Waals surface area contributed by atoms with Gasteiger partial charge in [0.1, 0.15) is 0 Å². The normalized spacial score (nSPS) is 18.5. The first-order chi connectivity index (χ1) is 15.1. The highest BCUT2D eigenvalue weighted by Gasteiger charge is 2.22. The van der Waals surface area contributed by atoms with Crippen molar-refractivity contribution < 1.29 is 0 Å². The van der Waals surface area contributed by atoms with Gasteiger partial charge in [-0.2, -0.15) is 10.5 Å². The van der Waals surface area contributed by atoms with Gasteiger partial charge in [0.2, 0.25) is 0 Å². The van der Waals surface area contributed by atoms with Crippen LogP contribution in [0.25, 0.3) is 0 Å². The second kappa shape index (κ2) is 9.52. The molecular formula is C26H31N5. The van der Waals surface area contributed by atoms with Crippen LogP contribution in [0.3, 0.4) is 0 Å². The molecule has 2 aliphatic heterocycles. The topological polar surface area (TPSA) is 57.3 Å². The Kier molecular flexibility index (Phi) is 6.56. The van der Waals surface area contributed by atoms with Gasteiger partial charge < -0.3 is 9.80 Å². The molecule has 2 aliphatic rings. The third-order valence-corrected chi connectivity index (χ3v) is 6.90. The van der Waals surface area contributed by atoms with Crippen molar-refractivity contribution in [1.82, 2.24) is 9.80 Å². The molecule has 2 aromatic carbocycles. The van der Waals surface area contributed by atoms with Gasteiger partial charge in [0.15, 0.2) is 0 Å². The molecule has 0 saturated carbocycles. The number of piperidine rings is 1. The van der Waals surface area contributed by atoms with Gasteiger partial charge in [-0.15, -0.1) is 0 Å². The van der Waals surface area contributed by atoms with E-state index >= 15 is 0 Å². The Morgan fingerprint density at radius 1 is 0.871 bits per heavy atom. The van der Waals surface area contributed by atoms with Crippen molar-refractivity contribution in [1.29, 1.82) is 10.5 Å². The van der Waals surface area contributed by atoms with Gasteiger partial charge in [-0.1, -0.05) is 12.1 Å². The zero-order chi connectivity index (χ0) is 21.8. The predicted molar refractivity (Wildman–Crippen MR) is 124 cm³/mol. The molecule has 0 spiro atoms. The summed E-state index contributed by atoms with van der Waals surface area (Å²) in [5, 5.41) is 18.8. The Balaban J connectivity index is 1.41. The van der Waals surface area contributed by atoms with Gasteiger partial charge in [0, 0.05) is 38.4 Å². The number of likely N-dealkylation sites (tertiary alicyclic amines) is 1. The predicted octanol–water partition coefficient (Wildman–Crippen LogP) is 3.87. The summed E-state index contributed by atoms with van der Waals surface area (Å²) in [4.78, 5) is 7.28. The number of nitrogens with zero attached hydrogens (tertiary/aromatic N) is 5. The van der Waals surface area contributed by atoms with E-state index in [0.717, 1.165) is 80.9 Å². The van der Waals surface area contributed by atoms with Crippen molar-refractivity contribution in [2.24, 2.45) is 0 Å². The van der Waals surface area contributed by atoms with Gasteiger partial charge in [-0.05, 0) is 86.8 Å². The van der Waals surface area contributed by atoms with Crippen molar-refractivity contribution in [3.63, 3.8) is 0 Å². The quantitative estimate of drug-likeness (QED) is 0.762. The Hall–Kier alpha value is -2.86. The van der Waals surface area contributed by atoms with E-state index in [1.807, 2.05) is 19.1 Å². The maximum absolute atomic E-state index is 9.63. The number of aryl methyl sites for hydroxylation is 1. The van der Waals surface area contributed by atoms with Crippen molar-refractivity contribution in [3.8, 4) is 12.1 Å². The molecule has 5 nitrogen and oxygen atoms in total. The monoisotopic (exact) mass is 413 g/mol. The summed E-state index contributed by atoms with van der Waals surface area (Å²) in [6.07, 6.45) is 2.23. The molecule has 0 N–H and O–H groups in total. The first-order valence-corrected chi connectivity index (χ1v) is 11.3. The van der Waals surface area contributed by atoms with Gasteiger partial charge in [0.25, 0.3) is 0 Å². The first kappa shape index (κ1) is 21.4. The second-order valence-electron chi connectivity index (χ2n) is 8.98. The van der Waals surface area contributed by atoms with Crippen molar-refractivity contribution in [2.45, 2.75) is 32.2 Å². The molecule has 2 saturated heterocycles. The summed E-state index contributed by atoms with van der Waals surface area (Å²) in [5.41, 5.74) is 6.37. The minimum absolute atomic E-state index is 0.551. The van der Waals surface area contributed by atoms with Crippen LogP contribution in [0.2, 0.25) is 0 Å². The number of likely N-dealkylation sites (N-methyl/N-ethyl adjacent to an activating group) is 1. The van der Waals surface area contributed by atoms with Crippen LogP contribution in [0.1, 0.15) is 46.6 Å². The Morgan fingerprint density at radius 2 is 1.55 bits per heavy atom. The average molecular weight is 414 g/mol. The molecule has 4 rings (SSSR count). The smallest absolute Gasteiger partial charge is 0.0995 e. The van der Waals surface area contributed by atoms with Gasteiger partial charge >= 0.3 is 0 Å². The maximum atomic E-state index is 9.63. The molecule has 0 aliphatic carbocycles. The van der Waals surface area contributed by atoms with Crippen LogP contribution < -0.4 is 4.90 Å². The summed E-state index contributed by atoms with van der Waals surface area (Å²) in [7, 11) is 2.17. The Bertz CT molecular complexity index is 999. The van der Waals surface area contributed by atoms with Crippen LogP contribution in [0.5, 0.6) is 0 Å². The molecule has 31 heavy (non-hydrogen) atoms. The summed E-state index contributed by atoms with van der Waals surface area (Å²) in [6, 6.07) is 17.3. The standard InChI is InChI=1S/C26H31N5/c1-20-15-22(3-4-23(20)17-27)21-7-9-30(10-8-21)19-25-16-26(6-5-24(25)18-28)31-13-11-29(2)12-14-31/h3-6,15-16,21H,7-14,19H2,1-2H3. The average Bonchev–Trinajstić information content (AvgIpc) is 2.80. The van der Waals surface area contributed by atoms with Gasteiger partial charge in [0.05, 0.1) is 23.3 Å². The van der Waals surface area contributed by atoms with E-state index in [1.165, 1.54) is 11.3 Å². The van der Waals surface area contributed by atoms with Crippen molar-refractivity contribution in [3.05, 3.63) is 64.2 Å². The van der Waals surface area contributed by atoms with E-state index in [0.29, 0.717) is 5.92 Å². The summed E-state index contributed by atoms with van der Waals surface area (Å²) in [6.45, 7) is 9.17. The minimum atomic E-state index is 0.551. The Labute approximate surface area is 186 Å². The maximum Gasteiger partial charge on any atom is 0.0995 e. The molecule has 0 aromatic heterocycles. The molecule has 2 heterocycles. The number of benzene rings is 2. The number of rotatable bonds is 4. The van der Waals surface area contributed by atoms with Crippen molar-refractivity contribution in [2.75, 3.05) is 51.2 Å². The van der Waals surface area contributed by atoms with Crippen LogP contribution in [-0.4, -0.2) is 56.1 Å². The summed E-state index contributed by atoms with van der Waals surface area (Å²) in [5.74, 6) is 0.551. The lowest BCUT2D eigenvalue weighted by molar-refractivity contribution is 0.204. The fourth-order valence-electron chi connectivity index (χ4n) is 4.81. The lowest BCUT2D eigenvalue weighted by atomic mass is 9.87. The highest BCUT2D eigenvalue weighted by Crippen LogP contribution is 2.30. The lowest BCUT2D eigenvalue weighted by Crippen LogP contribution is -2.44. The van der Waals surface area contributed by atoms with Gasteiger partial charge in [-0.3, -0.25) is 4.90 Å². The number of piperazine rings is 1. The molecule has 0 unspecified atom stereocenters. The molecule has 0 radical (unpaired) electrons. The van der Waals surface area contributed by atoms with Crippen LogP contribution >= 0.6 is 0 Å². The highest BCUT2D eigenvalue weighted by atomic mass is 15.2. The zero-order valence-electron chi connectivity index (χ0n) is 18.6. The number of hydrogen-bond donors (Lipinski definition) is 0. The molecule has 2 fully saturated rings. The SMILES string of the molecule is Cc1cc(C2CCN(Cc3cc(N4CCN(C)CC4)ccc3C#N)CC2)ccc1C#N. The second-order valence-corrected chi connectivity index (χ2v) is 8.98. The fraction of sp³-hybridized carbons (Fsp3) is 0.462. The minimum Gasteiger partial charge on any atom is -0.369 e. The lowest BCUT2D eigenvalue weighted by Gasteiger charge is -2.35. The largest absolute Gasteiger partial charge is 0.369 e. The molecular weight excluding hydrogens is 382 g/mol. The van der Waals surface area contributed by atoms with E-state index in [2.05, 4.69) is 58.2 Å². The van der Waals surface area contributed by atoms with Crippen LogP contribution in [0, 0.1) is 29.6 Å².